The van der Waals surface area contributed by atoms with Crippen LogP contribution >= 0.6 is 0 Å². The summed E-state index contributed by atoms with van der Waals surface area (Å²) >= 11 is 0. The summed E-state index contributed by atoms with van der Waals surface area (Å²) in [6.45, 7) is 4.71. The fourth-order valence-electron chi connectivity index (χ4n) is 2.95. The lowest BCUT2D eigenvalue weighted by Crippen LogP contribution is -2.41. The lowest BCUT2D eigenvalue weighted by Gasteiger charge is -2.22. The zero-order valence-corrected chi connectivity index (χ0v) is 10.4. The molecule has 1 aliphatic heterocycles. The van der Waals surface area contributed by atoms with Crippen LogP contribution in [0.2, 0.25) is 0 Å². The van der Waals surface area contributed by atoms with Crippen molar-refractivity contribution >= 4 is 5.91 Å². The molecule has 0 bridgehead atoms. The molecule has 1 heterocycles. The summed E-state index contributed by atoms with van der Waals surface area (Å²) in [6, 6.07) is 0.508. The molecule has 0 unspecified atom stereocenters. The summed E-state index contributed by atoms with van der Waals surface area (Å²) in [5.74, 6) is 1.09. The van der Waals surface area contributed by atoms with Crippen molar-refractivity contribution in [3.8, 4) is 0 Å². The average Bonchev–Trinajstić information content (AvgIpc) is 2.95. The van der Waals surface area contributed by atoms with Crippen LogP contribution in [0, 0.1) is 5.92 Å². The molecular weight excluding hydrogens is 200 g/mol. The first-order valence-electron chi connectivity index (χ1n) is 6.78. The van der Waals surface area contributed by atoms with Gasteiger partial charge in [-0.25, -0.2) is 0 Å². The number of amides is 1. The zero-order chi connectivity index (χ0) is 11.4. The Morgan fingerprint density at radius 1 is 1.25 bits per heavy atom. The van der Waals surface area contributed by atoms with Gasteiger partial charge in [0.2, 0.25) is 5.91 Å². The maximum Gasteiger partial charge on any atom is 0.236 e. The first-order valence-corrected chi connectivity index (χ1v) is 6.78. The SMILES string of the molecule is C[C@@H](NCC(=O)N1CCCC1)C1CCCC1. The Morgan fingerprint density at radius 2 is 1.88 bits per heavy atom. The third-order valence-electron chi connectivity index (χ3n) is 4.14. The Hall–Kier alpha value is -0.570. The highest BCUT2D eigenvalue weighted by Crippen LogP contribution is 2.27. The number of nitrogens with one attached hydrogen (secondary N) is 1. The summed E-state index contributed by atoms with van der Waals surface area (Å²) in [7, 11) is 0. The van der Waals surface area contributed by atoms with Crippen LogP contribution in [0.5, 0.6) is 0 Å². The molecule has 1 aliphatic carbocycles. The Balaban J connectivity index is 1.67. The third-order valence-corrected chi connectivity index (χ3v) is 4.14. The molecule has 1 N–H and O–H groups in total. The largest absolute Gasteiger partial charge is 0.342 e. The Morgan fingerprint density at radius 3 is 2.50 bits per heavy atom. The molecule has 1 saturated heterocycles. The molecule has 92 valence electrons. The predicted molar refractivity (Wildman–Crippen MR) is 65.2 cm³/mol. The van der Waals surface area contributed by atoms with Crippen molar-refractivity contribution in [1.82, 2.24) is 10.2 Å². The third kappa shape index (κ3) is 2.97. The molecule has 2 fully saturated rings. The number of hydrogen-bond donors (Lipinski definition) is 1. The summed E-state index contributed by atoms with van der Waals surface area (Å²) < 4.78 is 0. The van der Waals surface area contributed by atoms with Crippen LogP contribution in [-0.2, 0) is 4.79 Å². The van der Waals surface area contributed by atoms with Gasteiger partial charge in [-0.3, -0.25) is 4.79 Å². The topological polar surface area (TPSA) is 32.3 Å². The van der Waals surface area contributed by atoms with Gasteiger partial charge < -0.3 is 10.2 Å². The first kappa shape index (κ1) is 11.9. The quantitative estimate of drug-likeness (QED) is 0.789. The van der Waals surface area contributed by atoms with Crippen molar-refractivity contribution in [3.63, 3.8) is 0 Å². The van der Waals surface area contributed by atoms with Crippen molar-refractivity contribution in [2.24, 2.45) is 5.92 Å². The van der Waals surface area contributed by atoms with Crippen molar-refractivity contribution in [2.75, 3.05) is 19.6 Å². The normalized spacial score (nSPS) is 23.9. The fraction of sp³-hybridized carbons (Fsp3) is 0.923. The van der Waals surface area contributed by atoms with Crippen LogP contribution in [0.3, 0.4) is 0 Å². The molecule has 0 radical (unpaired) electrons. The second-order valence-corrected chi connectivity index (χ2v) is 5.30. The molecule has 1 amide bonds. The van der Waals surface area contributed by atoms with Crippen molar-refractivity contribution in [2.45, 2.75) is 51.5 Å². The first-order chi connectivity index (χ1) is 7.77. The van der Waals surface area contributed by atoms with E-state index < -0.39 is 0 Å². The number of hydrogen-bond acceptors (Lipinski definition) is 2. The summed E-state index contributed by atoms with van der Waals surface area (Å²) in [4.78, 5) is 13.8. The van der Waals surface area contributed by atoms with E-state index in [0.717, 1.165) is 19.0 Å². The monoisotopic (exact) mass is 224 g/mol. The van der Waals surface area contributed by atoms with Gasteiger partial charge in [-0.1, -0.05) is 12.8 Å². The van der Waals surface area contributed by atoms with Crippen molar-refractivity contribution in [3.05, 3.63) is 0 Å². The molecule has 3 nitrogen and oxygen atoms in total. The van der Waals surface area contributed by atoms with E-state index in [9.17, 15) is 4.79 Å². The molecule has 0 aromatic heterocycles. The van der Waals surface area contributed by atoms with Gasteiger partial charge in [-0.15, -0.1) is 0 Å². The van der Waals surface area contributed by atoms with Crippen molar-refractivity contribution < 1.29 is 4.79 Å². The maximum atomic E-state index is 11.8. The molecule has 1 saturated carbocycles. The van der Waals surface area contributed by atoms with Gasteiger partial charge in [0.05, 0.1) is 6.54 Å². The van der Waals surface area contributed by atoms with Gasteiger partial charge in [0.1, 0.15) is 0 Å². The van der Waals surface area contributed by atoms with Gasteiger partial charge >= 0.3 is 0 Å². The van der Waals surface area contributed by atoms with E-state index in [0.29, 0.717) is 18.5 Å². The van der Waals surface area contributed by atoms with E-state index in [-0.39, 0.29) is 0 Å². The molecule has 0 spiro atoms. The summed E-state index contributed by atoms with van der Waals surface area (Å²) in [5.41, 5.74) is 0. The fourth-order valence-corrected chi connectivity index (χ4v) is 2.95. The second-order valence-electron chi connectivity index (χ2n) is 5.30. The minimum atomic E-state index is 0.294. The lowest BCUT2D eigenvalue weighted by molar-refractivity contribution is -0.129. The number of likely N-dealkylation sites (tertiary alicyclic amines) is 1. The zero-order valence-electron chi connectivity index (χ0n) is 10.4. The molecule has 2 rings (SSSR count). The van der Waals surface area contributed by atoms with Crippen LogP contribution in [0.1, 0.15) is 45.4 Å². The van der Waals surface area contributed by atoms with Gasteiger partial charge in [0.15, 0.2) is 0 Å². The van der Waals surface area contributed by atoms with E-state index in [1.165, 1.54) is 38.5 Å². The van der Waals surface area contributed by atoms with Gasteiger partial charge in [-0.05, 0) is 38.5 Å². The Kier molecular flexibility index (Phi) is 4.22. The maximum absolute atomic E-state index is 11.8. The number of carbonyl (C=O) groups is 1. The van der Waals surface area contributed by atoms with Crippen LogP contribution in [0.15, 0.2) is 0 Å². The van der Waals surface area contributed by atoms with E-state index >= 15 is 0 Å². The van der Waals surface area contributed by atoms with Crippen LogP contribution in [0.4, 0.5) is 0 Å². The molecule has 16 heavy (non-hydrogen) atoms. The molecule has 0 aromatic rings. The minimum Gasteiger partial charge on any atom is -0.342 e. The van der Waals surface area contributed by atoms with E-state index in [1.807, 2.05) is 4.90 Å². The Labute approximate surface area is 98.6 Å². The number of carbonyl (C=O) groups excluding carboxylic acids is 1. The van der Waals surface area contributed by atoms with E-state index in [4.69, 9.17) is 0 Å². The molecule has 2 aliphatic rings. The van der Waals surface area contributed by atoms with Crippen LogP contribution in [0.25, 0.3) is 0 Å². The lowest BCUT2D eigenvalue weighted by atomic mass is 10.00. The average molecular weight is 224 g/mol. The number of nitrogens with zero attached hydrogens (tertiary/aromatic N) is 1. The van der Waals surface area contributed by atoms with Crippen LogP contribution < -0.4 is 5.32 Å². The highest BCUT2D eigenvalue weighted by atomic mass is 16.2. The molecule has 1 atom stereocenters. The van der Waals surface area contributed by atoms with Gasteiger partial charge in [0.25, 0.3) is 0 Å². The predicted octanol–water partition coefficient (Wildman–Crippen LogP) is 1.78. The van der Waals surface area contributed by atoms with Gasteiger partial charge in [0, 0.05) is 19.1 Å². The molecule has 3 heteroatoms. The minimum absolute atomic E-state index is 0.294. The summed E-state index contributed by atoms with van der Waals surface area (Å²) in [5, 5.41) is 3.41. The van der Waals surface area contributed by atoms with E-state index in [1.54, 1.807) is 0 Å². The molecular formula is C13H24N2O. The van der Waals surface area contributed by atoms with E-state index in [2.05, 4.69) is 12.2 Å². The van der Waals surface area contributed by atoms with Crippen molar-refractivity contribution in [1.29, 1.82) is 0 Å². The van der Waals surface area contributed by atoms with Crippen LogP contribution in [-0.4, -0.2) is 36.5 Å². The second kappa shape index (κ2) is 5.67. The highest BCUT2D eigenvalue weighted by molar-refractivity contribution is 5.78. The molecule has 0 aromatic carbocycles. The highest BCUT2D eigenvalue weighted by Gasteiger charge is 2.23. The standard InChI is InChI=1S/C13H24N2O/c1-11(12-6-2-3-7-12)14-10-13(16)15-8-4-5-9-15/h11-12,14H,2-10H2,1H3/t11-/m1/s1. The number of rotatable bonds is 4. The summed E-state index contributed by atoms with van der Waals surface area (Å²) in [6.07, 6.45) is 7.79. The van der Waals surface area contributed by atoms with Gasteiger partial charge in [-0.2, -0.15) is 0 Å². The smallest absolute Gasteiger partial charge is 0.236 e. The Bertz CT molecular complexity index is 230.